The first kappa shape index (κ1) is 18.5. The normalized spacial score (nSPS) is 11.1. The number of benzene rings is 1. The molecule has 1 N–H and O–H groups in total. The van der Waals surface area contributed by atoms with E-state index in [1.807, 2.05) is 14.1 Å². The van der Waals surface area contributed by atoms with E-state index in [1.165, 1.54) is 18.2 Å². The highest BCUT2D eigenvalue weighted by Crippen LogP contribution is 2.26. The standard InChI is InChI=1S/C16H17F3N4O2/c1-10-8-14(23(2)3)22-13(21-10)9-20-15(24)11-6-4-5-7-12(11)25-16(17,18)19/h4-8H,9H2,1-3H3,(H,20,24). The lowest BCUT2D eigenvalue weighted by Crippen LogP contribution is -2.26. The van der Waals surface area contributed by atoms with Crippen molar-refractivity contribution >= 4 is 11.7 Å². The van der Waals surface area contributed by atoms with Crippen molar-refractivity contribution in [3.63, 3.8) is 0 Å². The smallest absolute Gasteiger partial charge is 0.405 e. The van der Waals surface area contributed by atoms with Crippen LogP contribution in [0, 0.1) is 6.92 Å². The van der Waals surface area contributed by atoms with Gasteiger partial charge in [0.05, 0.1) is 12.1 Å². The van der Waals surface area contributed by atoms with Gasteiger partial charge in [-0.2, -0.15) is 0 Å². The predicted octanol–water partition coefficient (Wildman–Crippen LogP) is 2.68. The predicted molar refractivity (Wildman–Crippen MR) is 85.4 cm³/mol. The summed E-state index contributed by atoms with van der Waals surface area (Å²) in [5, 5.41) is 2.50. The minimum absolute atomic E-state index is 0.0261. The number of aromatic nitrogens is 2. The van der Waals surface area contributed by atoms with Gasteiger partial charge in [0, 0.05) is 25.9 Å². The fraction of sp³-hybridized carbons (Fsp3) is 0.312. The van der Waals surface area contributed by atoms with Gasteiger partial charge < -0.3 is 15.0 Å². The van der Waals surface area contributed by atoms with Crippen LogP contribution in [0.5, 0.6) is 5.75 Å². The summed E-state index contributed by atoms with van der Waals surface area (Å²) in [5.74, 6) is -0.258. The number of alkyl halides is 3. The number of carbonyl (C=O) groups excluding carboxylic acids is 1. The zero-order valence-electron chi connectivity index (χ0n) is 13.9. The number of rotatable bonds is 5. The van der Waals surface area contributed by atoms with Gasteiger partial charge in [-0.3, -0.25) is 4.79 Å². The van der Waals surface area contributed by atoms with Crippen LogP contribution >= 0.6 is 0 Å². The molecule has 6 nitrogen and oxygen atoms in total. The van der Waals surface area contributed by atoms with Gasteiger partial charge in [-0.1, -0.05) is 12.1 Å². The summed E-state index contributed by atoms with van der Waals surface area (Å²) in [6.07, 6.45) is -4.88. The lowest BCUT2D eigenvalue weighted by atomic mass is 10.2. The number of anilines is 1. The third-order valence-corrected chi connectivity index (χ3v) is 3.11. The Labute approximate surface area is 142 Å². The molecular formula is C16H17F3N4O2. The third kappa shape index (κ3) is 5.33. The Kier molecular flexibility index (Phi) is 5.45. The average molecular weight is 354 g/mol. The summed E-state index contributed by atoms with van der Waals surface area (Å²) in [6.45, 7) is 1.76. The van der Waals surface area contributed by atoms with Crippen LogP contribution in [-0.2, 0) is 6.54 Å². The Bertz CT molecular complexity index is 763. The van der Waals surface area contributed by atoms with Crippen LogP contribution in [0.3, 0.4) is 0 Å². The van der Waals surface area contributed by atoms with Gasteiger partial charge in [0.25, 0.3) is 5.91 Å². The van der Waals surface area contributed by atoms with Crippen LogP contribution in [0.4, 0.5) is 19.0 Å². The van der Waals surface area contributed by atoms with E-state index in [9.17, 15) is 18.0 Å². The molecule has 0 aliphatic heterocycles. The maximum absolute atomic E-state index is 12.4. The molecule has 1 aromatic heterocycles. The highest BCUT2D eigenvalue weighted by molar-refractivity contribution is 5.96. The molecule has 134 valence electrons. The Hall–Kier alpha value is -2.84. The van der Waals surface area contributed by atoms with Crippen molar-refractivity contribution in [3.8, 4) is 5.75 Å². The van der Waals surface area contributed by atoms with Crippen molar-refractivity contribution in [1.29, 1.82) is 0 Å². The number of amides is 1. The number of aryl methyl sites for hydroxylation is 1. The number of nitrogens with zero attached hydrogens (tertiary/aromatic N) is 3. The molecule has 0 fully saturated rings. The van der Waals surface area contributed by atoms with Crippen molar-refractivity contribution in [2.24, 2.45) is 0 Å². The van der Waals surface area contributed by atoms with E-state index in [2.05, 4.69) is 20.0 Å². The SMILES string of the molecule is Cc1cc(N(C)C)nc(CNC(=O)c2ccccc2OC(F)(F)F)n1. The first-order chi connectivity index (χ1) is 11.7. The van der Waals surface area contributed by atoms with E-state index < -0.39 is 18.0 Å². The molecule has 0 radical (unpaired) electrons. The molecule has 0 saturated heterocycles. The van der Waals surface area contributed by atoms with Crippen LogP contribution in [0.1, 0.15) is 21.9 Å². The molecule has 0 atom stereocenters. The van der Waals surface area contributed by atoms with Gasteiger partial charge in [0.1, 0.15) is 17.4 Å². The molecule has 0 aliphatic carbocycles. The number of hydrogen-bond acceptors (Lipinski definition) is 5. The van der Waals surface area contributed by atoms with E-state index >= 15 is 0 Å². The maximum Gasteiger partial charge on any atom is 0.573 e. The van der Waals surface area contributed by atoms with E-state index in [0.29, 0.717) is 17.3 Å². The van der Waals surface area contributed by atoms with Crippen molar-refractivity contribution in [1.82, 2.24) is 15.3 Å². The summed E-state index contributed by atoms with van der Waals surface area (Å²) < 4.78 is 41.1. The molecule has 0 aliphatic rings. The zero-order chi connectivity index (χ0) is 18.6. The van der Waals surface area contributed by atoms with Crippen LogP contribution in [0.15, 0.2) is 30.3 Å². The second-order valence-electron chi connectivity index (χ2n) is 5.40. The summed E-state index contributed by atoms with van der Waals surface area (Å²) in [5.41, 5.74) is 0.490. The summed E-state index contributed by atoms with van der Waals surface area (Å²) in [4.78, 5) is 22.5. The van der Waals surface area contributed by atoms with Gasteiger partial charge in [0.15, 0.2) is 0 Å². The number of para-hydroxylation sites is 1. The molecule has 1 heterocycles. The van der Waals surface area contributed by atoms with Gasteiger partial charge in [-0.05, 0) is 19.1 Å². The topological polar surface area (TPSA) is 67.4 Å². The molecule has 9 heteroatoms. The monoisotopic (exact) mass is 354 g/mol. The van der Waals surface area contributed by atoms with Crippen molar-refractivity contribution in [2.45, 2.75) is 19.8 Å². The molecule has 0 bridgehead atoms. The Balaban J connectivity index is 2.14. The highest BCUT2D eigenvalue weighted by Gasteiger charge is 2.32. The first-order valence-electron chi connectivity index (χ1n) is 7.30. The fourth-order valence-electron chi connectivity index (χ4n) is 2.04. The van der Waals surface area contributed by atoms with Crippen LogP contribution in [0.2, 0.25) is 0 Å². The average Bonchev–Trinajstić information content (AvgIpc) is 2.51. The Morgan fingerprint density at radius 1 is 1.24 bits per heavy atom. The van der Waals surface area contributed by atoms with Crippen LogP contribution in [-0.4, -0.2) is 36.3 Å². The molecule has 0 unspecified atom stereocenters. The number of carbonyl (C=O) groups is 1. The molecule has 1 amide bonds. The Morgan fingerprint density at radius 2 is 1.92 bits per heavy atom. The number of halogens is 3. The maximum atomic E-state index is 12.4. The van der Waals surface area contributed by atoms with E-state index in [4.69, 9.17) is 0 Å². The van der Waals surface area contributed by atoms with Gasteiger partial charge in [0.2, 0.25) is 0 Å². The molecule has 25 heavy (non-hydrogen) atoms. The zero-order valence-corrected chi connectivity index (χ0v) is 13.9. The van der Waals surface area contributed by atoms with Crippen molar-refractivity contribution in [2.75, 3.05) is 19.0 Å². The highest BCUT2D eigenvalue weighted by atomic mass is 19.4. The molecule has 0 spiro atoms. The van der Waals surface area contributed by atoms with Gasteiger partial charge in [-0.25, -0.2) is 9.97 Å². The fourth-order valence-corrected chi connectivity index (χ4v) is 2.04. The minimum Gasteiger partial charge on any atom is -0.405 e. The third-order valence-electron chi connectivity index (χ3n) is 3.11. The summed E-state index contributed by atoms with van der Waals surface area (Å²) in [7, 11) is 3.63. The van der Waals surface area contributed by atoms with Crippen LogP contribution < -0.4 is 15.0 Å². The van der Waals surface area contributed by atoms with E-state index in [0.717, 1.165) is 6.07 Å². The molecule has 1 aromatic carbocycles. The van der Waals surface area contributed by atoms with Crippen molar-refractivity contribution in [3.05, 3.63) is 47.4 Å². The first-order valence-corrected chi connectivity index (χ1v) is 7.30. The summed E-state index contributed by atoms with van der Waals surface area (Å²) in [6, 6.07) is 6.91. The second-order valence-corrected chi connectivity index (χ2v) is 5.40. The lowest BCUT2D eigenvalue weighted by Gasteiger charge is -2.14. The second kappa shape index (κ2) is 7.37. The number of nitrogens with one attached hydrogen (secondary N) is 1. The van der Waals surface area contributed by atoms with E-state index in [1.54, 1.807) is 17.9 Å². The number of hydrogen-bond donors (Lipinski definition) is 1. The lowest BCUT2D eigenvalue weighted by molar-refractivity contribution is -0.274. The summed E-state index contributed by atoms with van der Waals surface area (Å²) >= 11 is 0. The van der Waals surface area contributed by atoms with E-state index in [-0.39, 0.29) is 12.1 Å². The molecule has 2 rings (SSSR count). The quantitative estimate of drug-likeness (QED) is 0.894. The van der Waals surface area contributed by atoms with Crippen LogP contribution in [0.25, 0.3) is 0 Å². The minimum atomic E-state index is -4.88. The molecular weight excluding hydrogens is 337 g/mol. The number of ether oxygens (including phenoxy) is 1. The largest absolute Gasteiger partial charge is 0.573 e. The Morgan fingerprint density at radius 3 is 2.56 bits per heavy atom. The van der Waals surface area contributed by atoms with Gasteiger partial charge >= 0.3 is 6.36 Å². The van der Waals surface area contributed by atoms with Crippen molar-refractivity contribution < 1.29 is 22.7 Å². The van der Waals surface area contributed by atoms with Gasteiger partial charge in [-0.15, -0.1) is 13.2 Å². The molecule has 0 saturated carbocycles. The molecule has 2 aromatic rings.